The van der Waals surface area contributed by atoms with Gasteiger partial charge in [-0.3, -0.25) is 4.98 Å². The second kappa shape index (κ2) is 7.00. The summed E-state index contributed by atoms with van der Waals surface area (Å²) in [5.41, 5.74) is 1.37. The normalized spacial score (nSPS) is 10.7. The second-order valence-corrected chi connectivity index (χ2v) is 7.68. The van der Waals surface area contributed by atoms with Gasteiger partial charge >= 0.3 is 0 Å². The molecular weight excluding hydrogens is 270 g/mol. The smallest absolute Gasteiger partial charge is 0.121 e. The molecular formula is C19H18NSi. The monoisotopic (exact) mass is 288 g/mol. The van der Waals surface area contributed by atoms with Crippen molar-refractivity contribution in [2.24, 2.45) is 0 Å². The first kappa shape index (κ1) is 13.8. The van der Waals surface area contributed by atoms with Crippen LogP contribution in [0.2, 0.25) is 6.04 Å². The minimum absolute atomic E-state index is 0.718. The van der Waals surface area contributed by atoms with Crippen molar-refractivity contribution in [3.63, 3.8) is 0 Å². The Morgan fingerprint density at radius 3 is 1.71 bits per heavy atom. The van der Waals surface area contributed by atoms with Gasteiger partial charge in [-0.25, -0.2) is 0 Å². The number of hydrogen-bond acceptors (Lipinski definition) is 1. The van der Waals surface area contributed by atoms with Crippen LogP contribution in [0.1, 0.15) is 5.56 Å². The maximum absolute atomic E-state index is 4.10. The number of hydrogen-bond donors (Lipinski definition) is 0. The fourth-order valence-electron chi connectivity index (χ4n) is 2.55. The molecule has 1 aromatic heterocycles. The van der Waals surface area contributed by atoms with Crippen molar-refractivity contribution in [3.8, 4) is 0 Å². The molecule has 2 aromatic carbocycles. The summed E-state index contributed by atoms with van der Waals surface area (Å²) in [7, 11) is -0.718. The zero-order valence-corrected chi connectivity index (χ0v) is 12.9. The Bertz CT molecular complexity index is 613. The van der Waals surface area contributed by atoms with Crippen LogP contribution in [0, 0.1) is 0 Å². The molecule has 0 aliphatic heterocycles. The van der Waals surface area contributed by atoms with Gasteiger partial charge in [-0.1, -0.05) is 71.0 Å². The van der Waals surface area contributed by atoms with Gasteiger partial charge in [0, 0.05) is 12.4 Å². The molecule has 1 radical (unpaired) electrons. The minimum atomic E-state index is -0.718. The molecule has 1 nitrogen and oxygen atoms in total. The van der Waals surface area contributed by atoms with Crippen LogP contribution >= 0.6 is 0 Å². The minimum Gasteiger partial charge on any atom is -0.265 e. The molecule has 21 heavy (non-hydrogen) atoms. The summed E-state index contributed by atoms with van der Waals surface area (Å²) < 4.78 is 0. The Morgan fingerprint density at radius 1 is 0.667 bits per heavy atom. The van der Waals surface area contributed by atoms with E-state index in [4.69, 9.17) is 0 Å². The molecule has 2 heteroatoms. The van der Waals surface area contributed by atoms with E-state index in [9.17, 15) is 0 Å². The summed E-state index contributed by atoms with van der Waals surface area (Å²) in [6, 6.07) is 27.3. The number of aryl methyl sites for hydroxylation is 1. The average molecular weight is 288 g/mol. The van der Waals surface area contributed by atoms with Crippen LogP contribution in [0.3, 0.4) is 0 Å². The van der Waals surface area contributed by atoms with Crippen LogP contribution in [0.15, 0.2) is 85.2 Å². The lowest BCUT2D eigenvalue weighted by Crippen LogP contribution is -2.42. The SMILES string of the molecule is c1ccc([Si](CCc2ccncc2)c2ccccc2)cc1. The van der Waals surface area contributed by atoms with Crippen molar-refractivity contribution < 1.29 is 0 Å². The van der Waals surface area contributed by atoms with Gasteiger partial charge in [0.15, 0.2) is 0 Å². The molecule has 103 valence electrons. The van der Waals surface area contributed by atoms with Crippen LogP contribution < -0.4 is 10.4 Å². The average Bonchev–Trinajstić information content (AvgIpc) is 2.58. The molecule has 0 spiro atoms. The molecule has 1 heterocycles. The lowest BCUT2D eigenvalue weighted by molar-refractivity contribution is 1.10. The zero-order valence-electron chi connectivity index (χ0n) is 11.9. The van der Waals surface area contributed by atoms with E-state index >= 15 is 0 Å². The van der Waals surface area contributed by atoms with Crippen molar-refractivity contribution in [1.82, 2.24) is 4.98 Å². The van der Waals surface area contributed by atoms with Gasteiger partial charge in [0.1, 0.15) is 8.80 Å². The standard InChI is InChI=1S/C19H18NSi/c1-3-7-18(8-4-1)21(19-9-5-2-6-10-19)16-13-17-11-14-20-15-12-17/h1-12,14-15H,13,16H2. The molecule has 0 unspecified atom stereocenters. The molecule has 0 amide bonds. The fraction of sp³-hybridized carbons (Fsp3) is 0.105. The lowest BCUT2D eigenvalue weighted by Gasteiger charge is -2.16. The molecule has 0 fully saturated rings. The van der Waals surface area contributed by atoms with Gasteiger partial charge in [-0.05, 0) is 30.2 Å². The van der Waals surface area contributed by atoms with Crippen LogP contribution in [0.5, 0.6) is 0 Å². The Labute approximate surface area is 127 Å². The number of pyridine rings is 1. The predicted molar refractivity (Wildman–Crippen MR) is 90.7 cm³/mol. The highest BCUT2D eigenvalue weighted by molar-refractivity contribution is 6.85. The zero-order chi connectivity index (χ0) is 14.3. The van der Waals surface area contributed by atoms with E-state index in [-0.39, 0.29) is 0 Å². The van der Waals surface area contributed by atoms with E-state index in [1.165, 1.54) is 22.0 Å². The quantitative estimate of drug-likeness (QED) is 0.658. The number of rotatable bonds is 5. The summed E-state index contributed by atoms with van der Waals surface area (Å²) in [6.45, 7) is 0. The highest BCUT2D eigenvalue weighted by Crippen LogP contribution is 2.06. The van der Waals surface area contributed by atoms with Crippen molar-refractivity contribution in [2.45, 2.75) is 12.5 Å². The predicted octanol–water partition coefficient (Wildman–Crippen LogP) is 2.93. The molecule has 0 saturated carbocycles. The molecule has 3 aromatic rings. The van der Waals surface area contributed by atoms with Crippen LogP contribution in [-0.2, 0) is 6.42 Å². The first-order valence-electron chi connectivity index (χ1n) is 7.29. The summed E-state index contributed by atoms with van der Waals surface area (Å²) in [4.78, 5) is 4.10. The van der Waals surface area contributed by atoms with Gasteiger partial charge in [0.25, 0.3) is 0 Å². The topological polar surface area (TPSA) is 12.9 Å². The molecule has 0 atom stereocenters. The molecule has 0 N–H and O–H groups in total. The summed E-state index contributed by atoms with van der Waals surface area (Å²) in [5.74, 6) is 0. The van der Waals surface area contributed by atoms with E-state index in [0.29, 0.717) is 0 Å². The highest BCUT2D eigenvalue weighted by Gasteiger charge is 2.16. The van der Waals surface area contributed by atoms with Crippen molar-refractivity contribution >= 4 is 19.2 Å². The second-order valence-electron chi connectivity index (χ2n) is 5.07. The third-order valence-electron chi connectivity index (χ3n) is 3.66. The molecule has 0 bridgehead atoms. The summed E-state index contributed by atoms with van der Waals surface area (Å²) in [6.07, 6.45) is 4.88. The van der Waals surface area contributed by atoms with Gasteiger partial charge in [0.2, 0.25) is 0 Å². The first-order chi connectivity index (χ1) is 10.4. The van der Waals surface area contributed by atoms with Crippen molar-refractivity contribution in [1.29, 1.82) is 0 Å². The maximum Gasteiger partial charge on any atom is 0.121 e. The van der Waals surface area contributed by atoms with Crippen LogP contribution in [-0.4, -0.2) is 13.8 Å². The Balaban J connectivity index is 1.83. The van der Waals surface area contributed by atoms with E-state index in [0.717, 1.165) is 6.42 Å². The Morgan fingerprint density at radius 2 is 1.19 bits per heavy atom. The summed E-state index contributed by atoms with van der Waals surface area (Å²) in [5, 5.41) is 2.98. The van der Waals surface area contributed by atoms with E-state index < -0.39 is 8.80 Å². The van der Waals surface area contributed by atoms with Crippen molar-refractivity contribution in [2.75, 3.05) is 0 Å². The van der Waals surface area contributed by atoms with E-state index in [1.54, 1.807) is 0 Å². The molecule has 0 aliphatic rings. The number of nitrogens with zero attached hydrogens (tertiary/aromatic N) is 1. The third kappa shape index (κ3) is 3.67. The molecule has 0 saturated heterocycles. The Hall–Kier alpha value is -2.19. The number of aromatic nitrogens is 1. The van der Waals surface area contributed by atoms with Gasteiger partial charge in [0.05, 0.1) is 0 Å². The van der Waals surface area contributed by atoms with Gasteiger partial charge < -0.3 is 0 Å². The Kier molecular flexibility index (Phi) is 4.59. The van der Waals surface area contributed by atoms with E-state index in [2.05, 4.69) is 77.8 Å². The van der Waals surface area contributed by atoms with Crippen LogP contribution in [0.4, 0.5) is 0 Å². The molecule has 0 aliphatic carbocycles. The summed E-state index contributed by atoms with van der Waals surface area (Å²) >= 11 is 0. The maximum atomic E-state index is 4.10. The fourth-order valence-corrected chi connectivity index (χ4v) is 5.19. The first-order valence-corrected chi connectivity index (χ1v) is 9.00. The van der Waals surface area contributed by atoms with Gasteiger partial charge in [-0.15, -0.1) is 0 Å². The van der Waals surface area contributed by atoms with Crippen LogP contribution in [0.25, 0.3) is 0 Å². The number of benzene rings is 2. The molecule has 3 rings (SSSR count). The highest BCUT2D eigenvalue weighted by atomic mass is 28.3. The van der Waals surface area contributed by atoms with Gasteiger partial charge in [-0.2, -0.15) is 0 Å². The van der Waals surface area contributed by atoms with Crippen molar-refractivity contribution in [3.05, 3.63) is 90.8 Å². The van der Waals surface area contributed by atoms with E-state index in [1.807, 2.05) is 12.4 Å². The third-order valence-corrected chi connectivity index (χ3v) is 6.47. The largest absolute Gasteiger partial charge is 0.265 e. The lowest BCUT2D eigenvalue weighted by atomic mass is 10.2.